The van der Waals surface area contributed by atoms with Crippen LogP contribution in [0, 0.1) is 11.8 Å². The van der Waals surface area contributed by atoms with Gasteiger partial charge in [0.2, 0.25) is 11.8 Å². The van der Waals surface area contributed by atoms with Gasteiger partial charge in [-0.3, -0.25) is 19.4 Å². The molecule has 0 aliphatic heterocycles. The van der Waals surface area contributed by atoms with Crippen LogP contribution in [0.2, 0.25) is 0 Å². The van der Waals surface area contributed by atoms with Crippen LogP contribution in [0.25, 0.3) is 22.6 Å². The van der Waals surface area contributed by atoms with Gasteiger partial charge in [-0.1, -0.05) is 44.2 Å². The molecule has 2 aromatic carbocycles. The number of Topliss-reactive ketones (excluding diaryl/α,β-unsaturated/α-hetero) is 1. The third kappa shape index (κ3) is 14.1. The molecule has 15 nitrogen and oxygen atoms in total. The number of oxazole rings is 1. The van der Waals surface area contributed by atoms with E-state index < -0.39 is 23.8 Å². The van der Waals surface area contributed by atoms with Crippen molar-refractivity contribution in [1.29, 1.82) is 0 Å². The number of anilines is 1. The third-order valence-electron chi connectivity index (χ3n) is 8.93. The fourth-order valence-corrected chi connectivity index (χ4v) is 6.02. The molecule has 0 saturated carbocycles. The number of ether oxygens (including phenoxy) is 4. The minimum atomic E-state index is -1.35. The molecule has 15 heteroatoms. The van der Waals surface area contributed by atoms with Crippen LogP contribution in [0.15, 0.2) is 95.8 Å². The first-order chi connectivity index (χ1) is 28.2. The molecule has 0 spiro atoms. The van der Waals surface area contributed by atoms with Gasteiger partial charge in [0.25, 0.3) is 5.91 Å². The summed E-state index contributed by atoms with van der Waals surface area (Å²) in [5.41, 5.74) is 9.79. The Morgan fingerprint density at radius 3 is 2.29 bits per heavy atom. The molecule has 5 rings (SSSR count). The van der Waals surface area contributed by atoms with Gasteiger partial charge in [0, 0.05) is 43.0 Å². The molecular weight excluding hydrogens is 745 g/mol. The molecule has 3 aromatic heterocycles. The van der Waals surface area contributed by atoms with Crippen molar-refractivity contribution in [1.82, 2.24) is 20.3 Å². The van der Waals surface area contributed by atoms with Gasteiger partial charge in [-0.25, -0.2) is 9.97 Å². The lowest BCUT2D eigenvalue weighted by molar-refractivity contribution is -0.134. The normalized spacial score (nSPS) is 12.9. The van der Waals surface area contributed by atoms with E-state index in [0.29, 0.717) is 74.3 Å². The third-order valence-corrected chi connectivity index (χ3v) is 8.93. The van der Waals surface area contributed by atoms with Crippen molar-refractivity contribution in [3.05, 3.63) is 103 Å². The zero-order valence-corrected chi connectivity index (χ0v) is 32.9. The van der Waals surface area contributed by atoms with Crippen LogP contribution in [0.5, 0.6) is 5.75 Å². The first-order valence-electron chi connectivity index (χ1n) is 19.4. The summed E-state index contributed by atoms with van der Waals surface area (Å²) in [6.07, 6.45) is 4.26. The highest BCUT2D eigenvalue weighted by Gasteiger charge is 2.29. The van der Waals surface area contributed by atoms with Gasteiger partial charge in [-0.2, -0.15) is 0 Å². The summed E-state index contributed by atoms with van der Waals surface area (Å²) >= 11 is 0. The standard InChI is InChI=1S/C43H52N6O9/c1-29(2)23-32(25-38(50)40(51)35(44)24-30-7-4-3-5-8-30)41(52)46-15-16-54-17-18-55-19-20-56-21-22-57-34-11-12-36(47-28-34)42(53)48-33-10-13-39-37(26-33)49-43(58-39)31-9-6-14-45-27-31/h3-14,26-29,32,35,40,51H,15-25,44H2,1-2H3,(H,46,52)(H,48,53)/t32-,35-,40+/m1/s1. The highest BCUT2D eigenvalue weighted by Crippen LogP contribution is 2.26. The number of nitrogens with zero attached hydrogens (tertiary/aromatic N) is 3. The molecule has 0 saturated heterocycles. The predicted octanol–water partition coefficient (Wildman–Crippen LogP) is 4.63. The summed E-state index contributed by atoms with van der Waals surface area (Å²) in [6, 6.07) is 20.8. The van der Waals surface area contributed by atoms with Gasteiger partial charge in [-0.05, 0) is 66.8 Å². The van der Waals surface area contributed by atoms with E-state index in [1.165, 1.54) is 6.20 Å². The molecule has 5 aromatic rings. The predicted molar refractivity (Wildman–Crippen MR) is 217 cm³/mol. The Balaban J connectivity index is 0.880. The molecule has 3 atom stereocenters. The monoisotopic (exact) mass is 796 g/mol. The smallest absolute Gasteiger partial charge is 0.274 e. The van der Waals surface area contributed by atoms with Gasteiger partial charge in [0.1, 0.15) is 29.7 Å². The number of fused-ring (bicyclic) bond motifs is 1. The van der Waals surface area contributed by atoms with Crippen molar-refractivity contribution >= 4 is 34.4 Å². The summed E-state index contributed by atoms with van der Waals surface area (Å²) in [6.45, 7) is 6.57. The molecule has 58 heavy (non-hydrogen) atoms. The van der Waals surface area contributed by atoms with E-state index in [0.717, 1.165) is 11.1 Å². The zero-order valence-electron chi connectivity index (χ0n) is 32.9. The number of hydrogen-bond donors (Lipinski definition) is 4. The van der Waals surface area contributed by atoms with Gasteiger partial charge in [0.05, 0.1) is 51.4 Å². The quantitative estimate of drug-likeness (QED) is 0.0595. The van der Waals surface area contributed by atoms with E-state index in [1.54, 1.807) is 48.8 Å². The van der Waals surface area contributed by atoms with Gasteiger partial charge in [0.15, 0.2) is 11.4 Å². The Hall–Kier alpha value is -5.58. The van der Waals surface area contributed by atoms with E-state index in [2.05, 4.69) is 25.6 Å². The van der Waals surface area contributed by atoms with Crippen LogP contribution in [0.3, 0.4) is 0 Å². The molecular formula is C43H52N6O9. The lowest BCUT2D eigenvalue weighted by Gasteiger charge is -2.22. The second kappa shape index (κ2) is 23.0. The lowest BCUT2D eigenvalue weighted by Crippen LogP contribution is -2.44. The van der Waals surface area contributed by atoms with Gasteiger partial charge < -0.3 is 44.8 Å². The highest BCUT2D eigenvalue weighted by atomic mass is 16.6. The number of benzene rings is 2. The average Bonchev–Trinajstić information content (AvgIpc) is 3.66. The average molecular weight is 797 g/mol. The first kappa shape index (κ1) is 43.5. The molecule has 3 heterocycles. The fourth-order valence-electron chi connectivity index (χ4n) is 6.02. The molecule has 0 aliphatic rings. The Bertz CT molecular complexity index is 2010. The molecule has 5 N–H and O–H groups in total. The van der Waals surface area contributed by atoms with Crippen molar-refractivity contribution in [2.75, 3.05) is 58.1 Å². The number of rotatable bonds is 25. The summed E-state index contributed by atoms with van der Waals surface area (Å²) < 4.78 is 28.1. The molecule has 0 fully saturated rings. The van der Waals surface area contributed by atoms with E-state index in [1.807, 2.05) is 50.2 Å². The van der Waals surface area contributed by atoms with E-state index in [4.69, 9.17) is 29.1 Å². The lowest BCUT2D eigenvalue weighted by atomic mass is 9.88. The van der Waals surface area contributed by atoms with Crippen molar-refractivity contribution in [2.24, 2.45) is 17.6 Å². The summed E-state index contributed by atoms with van der Waals surface area (Å²) in [4.78, 5) is 51.4. The second-order valence-corrected chi connectivity index (χ2v) is 14.0. The maximum absolute atomic E-state index is 12.9. The Kier molecular flexibility index (Phi) is 17.3. The van der Waals surface area contributed by atoms with Crippen LogP contribution in [-0.4, -0.2) is 103 Å². The SMILES string of the molecule is CC(C)C[C@H](CC(=O)[C@@H](O)[C@H](N)Cc1ccccc1)C(=O)NCCOCCOCCOCCOc1ccc(C(=O)Nc2ccc3oc(-c4cccnc4)nc3c2)nc1. The molecule has 2 amide bonds. The van der Waals surface area contributed by atoms with Crippen molar-refractivity contribution in [3.63, 3.8) is 0 Å². The zero-order chi connectivity index (χ0) is 41.1. The van der Waals surface area contributed by atoms with Crippen LogP contribution < -0.4 is 21.1 Å². The number of carbonyl (C=O) groups excluding carboxylic acids is 3. The van der Waals surface area contributed by atoms with Crippen molar-refractivity contribution < 1.29 is 42.9 Å². The number of aromatic nitrogens is 3. The summed E-state index contributed by atoms with van der Waals surface area (Å²) in [5, 5.41) is 16.2. The number of hydrogen-bond acceptors (Lipinski definition) is 13. The van der Waals surface area contributed by atoms with Crippen molar-refractivity contribution in [2.45, 2.75) is 45.3 Å². The van der Waals surface area contributed by atoms with Crippen LogP contribution in [-0.2, 0) is 30.2 Å². The maximum Gasteiger partial charge on any atom is 0.274 e. The van der Waals surface area contributed by atoms with E-state index in [9.17, 15) is 19.5 Å². The number of aliphatic hydroxyl groups is 1. The number of amides is 2. The molecule has 308 valence electrons. The summed E-state index contributed by atoms with van der Waals surface area (Å²) in [7, 11) is 0. The number of nitrogens with two attached hydrogens (primary N) is 1. The van der Waals surface area contributed by atoms with Crippen molar-refractivity contribution in [3.8, 4) is 17.2 Å². The molecule has 0 aliphatic carbocycles. The largest absolute Gasteiger partial charge is 0.490 e. The Morgan fingerprint density at radius 2 is 1.60 bits per heavy atom. The van der Waals surface area contributed by atoms with E-state index in [-0.39, 0.29) is 49.6 Å². The number of carbonyl (C=O) groups is 3. The maximum atomic E-state index is 12.9. The molecule has 0 radical (unpaired) electrons. The van der Waals surface area contributed by atoms with Crippen LogP contribution in [0.4, 0.5) is 5.69 Å². The minimum Gasteiger partial charge on any atom is -0.490 e. The second-order valence-electron chi connectivity index (χ2n) is 14.0. The highest BCUT2D eigenvalue weighted by molar-refractivity contribution is 6.03. The number of nitrogens with one attached hydrogen (secondary N) is 2. The van der Waals surface area contributed by atoms with Gasteiger partial charge >= 0.3 is 0 Å². The summed E-state index contributed by atoms with van der Waals surface area (Å²) in [5.74, 6) is -0.505. The van der Waals surface area contributed by atoms with E-state index >= 15 is 0 Å². The fraction of sp³-hybridized carbons (Fsp3) is 0.395. The number of pyridine rings is 2. The van der Waals surface area contributed by atoms with Crippen LogP contribution in [0.1, 0.15) is 42.7 Å². The minimum absolute atomic E-state index is 0.0812. The Labute approximate surface area is 337 Å². The number of aliphatic hydroxyl groups excluding tert-OH is 1. The molecule has 0 unspecified atom stereocenters. The first-order valence-corrected chi connectivity index (χ1v) is 19.4. The van der Waals surface area contributed by atoms with Crippen LogP contribution >= 0.6 is 0 Å². The Morgan fingerprint density at radius 1 is 0.862 bits per heavy atom. The van der Waals surface area contributed by atoms with Gasteiger partial charge in [-0.15, -0.1) is 0 Å². The topological polar surface area (TPSA) is 210 Å². The molecule has 0 bridgehead atoms. The number of ketones is 1.